The van der Waals surface area contributed by atoms with Crippen molar-refractivity contribution in [2.75, 3.05) is 0 Å². The first-order chi connectivity index (χ1) is 9.79. The van der Waals surface area contributed by atoms with Crippen molar-refractivity contribution in [3.63, 3.8) is 0 Å². The number of nitrogens with two attached hydrogens (primary N) is 1. The molecule has 0 heterocycles. The van der Waals surface area contributed by atoms with E-state index in [4.69, 9.17) is 5.84 Å². The van der Waals surface area contributed by atoms with E-state index < -0.39 is 0 Å². The van der Waals surface area contributed by atoms with Crippen LogP contribution in [0.4, 0.5) is 0 Å². The maximum Gasteiger partial charge on any atom is 0.0266 e. The minimum atomic E-state index is 0.510. The summed E-state index contributed by atoms with van der Waals surface area (Å²) in [6.45, 7) is 4.63. The van der Waals surface area contributed by atoms with Crippen molar-refractivity contribution in [2.24, 2.45) is 11.3 Å². The van der Waals surface area contributed by atoms with Gasteiger partial charge in [-0.2, -0.15) is 0 Å². The van der Waals surface area contributed by atoms with E-state index >= 15 is 0 Å². The lowest BCUT2D eigenvalue weighted by molar-refractivity contribution is 0.174. The summed E-state index contributed by atoms with van der Waals surface area (Å²) in [5.74, 6) is 5.86. The van der Waals surface area contributed by atoms with Gasteiger partial charge in [-0.25, -0.2) is 0 Å². The Morgan fingerprint density at radius 1 is 0.900 bits per heavy atom. The second-order valence-electron chi connectivity index (χ2n) is 6.91. The minimum Gasteiger partial charge on any atom is -0.271 e. The normalized spacial score (nSPS) is 19.4. The van der Waals surface area contributed by atoms with E-state index in [1.807, 2.05) is 0 Å². The van der Waals surface area contributed by atoms with Crippen molar-refractivity contribution in [2.45, 2.75) is 110 Å². The fraction of sp³-hybridized carbons (Fsp3) is 1.00. The molecule has 1 aliphatic carbocycles. The van der Waals surface area contributed by atoms with E-state index in [2.05, 4.69) is 19.3 Å². The fourth-order valence-corrected chi connectivity index (χ4v) is 4.08. The molecule has 0 aliphatic heterocycles. The predicted octanol–water partition coefficient (Wildman–Crippen LogP) is 5.32. The summed E-state index contributed by atoms with van der Waals surface area (Å²) < 4.78 is 0. The van der Waals surface area contributed by atoms with Gasteiger partial charge in [-0.05, 0) is 31.1 Å². The Balaban J connectivity index is 2.12. The van der Waals surface area contributed by atoms with E-state index in [9.17, 15) is 0 Å². The molecule has 0 aromatic heterocycles. The average Bonchev–Trinajstić information content (AvgIpc) is 2.96. The lowest BCUT2D eigenvalue weighted by atomic mass is 9.74. The third-order valence-corrected chi connectivity index (χ3v) is 5.59. The first kappa shape index (κ1) is 18.0. The van der Waals surface area contributed by atoms with Gasteiger partial charge in [0.25, 0.3) is 0 Å². The van der Waals surface area contributed by atoms with Crippen molar-refractivity contribution in [3.8, 4) is 0 Å². The molecule has 120 valence electrons. The van der Waals surface area contributed by atoms with Crippen LogP contribution in [0.5, 0.6) is 0 Å². The average molecular weight is 283 g/mol. The van der Waals surface area contributed by atoms with Crippen LogP contribution in [0.3, 0.4) is 0 Å². The molecule has 1 rings (SSSR count). The molecule has 20 heavy (non-hydrogen) atoms. The molecule has 0 radical (unpaired) electrons. The van der Waals surface area contributed by atoms with Gasteiger partial charge >= 0.3 is 0 Å². The van der Waals surface area contributed by atoms with E-state index in [0.29, 0.717) is 11.5 Å². The summed E-state index contributed by atoms with van der Waals surface area (Å²) in [6.07, 6.45) is 19.4. The molecule has 2 heteroatoms. The summed E-state index contributed by atoms with van der Waals surface area (Å²) in [7, 11) is 0. The van der Waals surface area contributed by atoms with Crippen molar-refractivity contribution in [1.29, 1.82) is 0 Å². The van der Waals surface area contributed by atoms with Crippen molar-refractivity contribution >= 4 is 0 Å². The Hall–Kier alpha value is -0.0800. The molecule has 3 N–H and O–H groups in total. The summed E-state index contributed by atoms with van der Waals surface area (Å²) in [5.41, 5.74) is 3.66. The lowest BCUT2D eigenvalue weighted by Gasteiger charge is -2.36. The van der Waals surface area contributed by atoms with E-state index in [-0.39, 0.29) is 0 Å². The largest absolute Gasteiger partial charge is 0.271 e. The molecule has 1 unspecified atom stereocenters. The highest BCUT2D eigenvalue weighted by atomic mass is 15.2. The summed E-state index contributed by atoms with van der Waals surface area (Å²) in [4.78, 5) is 0. The first-order valence-corrected chi connectivity index (χ1v) is 9.25. The highest BCUT2D eigenvalue weighted by Crippen LogP contribution is 2.45. The van der Waals surface area contributed by atoms with Crippen LogP contribution in [0.1, 0.15) is 104 Å². The Bertz CT molecular complexity index is 221. The Morgan fingerprint density at radius 2 is 1.45 bits per heavy atom. The zero-order chi connectivity index (χ0) is 14.7. The monoisotopic (exact) mass is 282 g/mol. The molecule has 0 spiro atoms. The third-order valence-electron chi connectivity index (χ3n) is 5.59. The molecule has 0 saturated heterocycles. The van der Waals surface area contributed by atoms with Crippen LogP contribution in [0, 0.1) is 5.41 Å². The Morgan fingerprint density at radius 3 is 1.95 bits per heavy atom. The second kappa shape index (κ2) is 10.6. The van der Waals surface area contributed by atoms with Crippen LogP contribution >= 0.6 is 0 Å². The molecule has 2 nitrogen and oxygen atoms in total. The minimum absolute atomic E-state index is 0.510. The number of hydrogen-bond donors (Lipinski definition) is 2. The van der Waals surface area contributed by atoms with Crippen LogP contribution in [0.2, 0.25) is 0 Å². The van der Waals surface area contributed by atoms with Gasteiger partial charge in [-0.1, -0.05) is 78.1 Å². The predicted molar refractivity (Wildman–Crippen MR) is 89.5 cm³/mol. The summed E-state index contributed by atoms with van der Waals surface area (Å²) in [5, 5.41) is 0. The van der Waals surface area contributed by atoms with Crippen molar-refractivity contribution in [1.82, 2.24) is 5.43 Å². The lowest BCUT2D eigenvalue weighted by Crippen LogP contribution is -2.47. The smallest absolute Gasteiger partial charge is 0.0266 e. The van der Waals surface area contributed by atoms with Gasteiger partial charge in [0, 0.05) is 6.04 Å². The Labute approximate surface area is 127 Å². The fourth-order valence-electron chi connectivity index (χ4n) is 4.08. The molecule has 0 aromatic rings. The Kier molecular flexibility index (Phi) is 9.54. The van der Waals surface area contributed by atoms with Gasteiger partial charge < -0.3 is 0 Å². The molecule has 0 bridgehead atoms. The molecular weight excluding hydrogens is 244 g/mol. The number of rotatable bonds is 12. The maximum absolute atomic E-state index is 5.86. The van der Waals surface area contributed by atoms with Crippen molar-refractivity contribution in [3.05, 3.63) is 0 Å². The molecule has 0 amide bonds. The van der Waals surface area contributed by atoms with Crippen LogP contribution in [-0.2, 0) is 0 Å². The number of hydrazine groups is 1. The molecule has 0 aromatic carbocycles. The van der Waals surface area contributed by atoms with Gasteiger partial charge in [-0.15, -0.1) is 0 Å². The van der Waals surface area contributed by atoms with Crippen LogP contribution in [-0.4, -0.2) is 6.04 Å². The number of nitrogens with one attached hydrogen (secondary N) is 1. The summed E-state index contributed by atoms with van der Waals surface area (Å²) >= 11 is 0. The van der Waals surface area contributed by atoms with E-state index in [1.165, 1.54) is 89.9 Å². The second-order valence-corrected chi connectivity index (χ2v) is 6.91. The first-order valence-electron chi connectivity index (χ1n) is 9.25. The van der Waals surface area contributed by atoms with Crippen molar-refractivity contribution < 1.29 is 0 Å². The standard InChI is InChI=1S/C18H38N2/c1-3-5-6-7-8-9-10-11-14-17(20-19)18(4-2)15-12-13-16-18/h17,20H,3-16,19H2,1-2H3. The van der Waals surface area contributed by atoms with Gasteiger partial charge in [-0.3, -0.25) is 11.3 Å². The molecule has 1 saturated carbocycles. The number of hydrogen-bond acceptors (Lipinski definition) is 2. The van der Waals surface area contributed by atoms with E-state index in [0.717, 1.165) is 0 Å². The van der Waals surface area contributed by atoms with Crippen LogP contribution < -0.4 is 11.3 Å². The molecule has 1 aliphatic rings. The van der Waals surface area contributed by atoms with Gasteiger partial charge in [0.2, 0.25) is 0 Å². The maximum atomic E-state index is 5.86. The molecule has 1 atom stereocenters. The van der Waals surface area contributed by atoms with Crippen LogP contribution in [0.15, 0.2) is 0 Å². The number of unbranched alkanes of at least 4 members (excludes halogenated alkanes) is 7. The topological polar surface area (TPSA) is 38.0 Å². The van der Waals surface area contributed by atoms with E-state index in [1.54, 1.807) is 0 Å². The highest BCUT2D eigenvalue weighted by Gasteiger charge is 2.38. The van der Waals surface area contributed by atoms with Gasteiger partial charge in [0.05, 0.1) is 0 Å². The highest BCUT2D eigenvalue weighted by molar-refractivity contribution is 4.92. The van der Waals surface area contributed by atoms with Gasteiger partial charge in [0.1, 0.15) is 0 Å². The zero-order valence-electron chi connectivity index (χ0n) is 14.1. The van der Waals surface area contributed by atoms with Gasteiger partial charge in [0.15, 0.2) is 0 Å². The molecular formula is C18H38N2. The quantitative estimate of drug-likeness (QED) is 0.289. The third kappa shape index (κ3) is 5.73. The SMILES string of the molecule is CCCCCCCCCCC(NN)C1(CC)CCCC1. The summed E-state index contributed by atoms with van der Waals surface area (Å²) in [6, 6.07) is 0.551. The zero-order valence-corrected chi connectivity index (χ0v) is 14.1. The molecule has 1 fully saturated rings. The van der Waals surface area contributed by atoms with Crippen LogP contribution in [0.25, 0.3) is 0 Å².